The minimum Gasteiger partial charge on any atom is -0.459 e. The Hall–Kier alpha value is -1.58. The van der Waals surface area contributed by atoms with Gasteiger partial charge in [0.1, 0.15) is 12.2 Å². The second-order valence-corrected chi connectivity index (χ2v) is 6.14. The van der Waals surface area contributed by atoms with Gasteiger partial charge in [0.15, 0.2) is 0 Å². The van der Waals surface area contributed by atoms with Crippen LogP contribution in [0.3, 0.4) is 0 Å². The number of hydrogen-bond donors (Lipinski definition) is 0. The molecule has 0 aromatic rings. The highest BCUT2D eigenvalue weighted by Gasteiger charge is 2.57. The molecule has 0 spiro atoms. The van der Waals surface area contributed by atoms with Gasteiger partial charge >= 0.3 is 11.9 Å². The largest absolute Gasteiger partial charge is 0.459 e. The Bertz CT molecular complexity index is 455. The first kappa shape index (κ1) is 13.4. The molecule has 4 heteroatoms. The van der Waals surface area contributed by atoms with E-state index >= 15 is 0 Å². The zero-order chi connectivity index (χ0) is 14.3. The molecule has 0 N–H and O–H groups in total. The highest BCUT2D eigenvalue weighted by molar-refractivity contribution is 5.81. The van der Waals surface area contributed by atoms with Crippen LogP contribution < -0.4 is 0 Å². The minimum absolute atomic E-state index is 0.00894. The summed E-state index contributed by atoms with van der Waals surface area (Å²) in [5.41, 5.74) is 0. The first-order valence-electron chi connectivity index (χ1n) is 7.28. The van der Waals surface area contributed by atoms with Crippen molar-refractivity contribution in [1.82, 2.24) is 0 Å². The molecule has 0 radical (unpaired) electrons. The summed E-state index contributed by atoms with van der Waals surface area (Å²) >= 11 is 0. The molecule has 6 atom stereocenters. The SMILES string of the molecule is C=CC(=O)OC1CC2C3CC(OC(=O)C=C)C(C3)C2C1. The monoisotopic (exact) mass is 276 g/mol. The molecule has 0 heterocycles. The Morgan fingerprint density at radius 3 is 2.20 bits per heavy atom. The predicted molar refractivity (Wildman–Crippen MR) is 72.6 cm³/mol. The van der Waals surface area contributed by atoms with E-state index in [0.717, 1.165) is 25.7 Å². The number of esters is 2. The van der Waals surface area contributed by atoms with Crippen LogP contribution in [0.25, 0.3) is 0 Å². The van der Waals surface area contributed by atoms with Crippen molar-refractivity contribution in [3.8, 4) is 0 Å². The van der Waals surface area contributed by atoms with E-state index in [4.69, 9.17) is 9.47 Å². The number of carbonyl (C=O) groups excluding carboxylic acids is 2. The van der Waals surface area contributed by atoms with E-state index in [1.165, 1.54) is 12.2 Å². The molecule has 4 nitrogen and oxygen atoms in total. The standard InChI is InChI=1S/C16H20O4/c1-3-15(17)19-10-7-11-9-5-13(12(11)8-10)14(6-9)20-16(18)4-2/h3-4,9-14H,1-2,5-8H2. The van der Waals surface area contributed by atoms with Crippen molar-refractivity contribution in [2.45, 2.75) is 37.9 Å². The lowest BCUT2D eigenvalue weighted by Crippen LogP contribution is -2.31. The van der Waals surface area contributed by atoms with Crippen LogP contribution in [0, 0.1) is 23.7 Å². The maximum Gasteiger partial charge on any atom is 0.330 e. The van der Waals surface area contributed by atoms with E-state index < -0.39 is 0 Å². The van der Waals surface area contributed by atoms with Gasteiger partial charge in [0.2, 0.25) is 0 Å². The van der Waals surface area contributed by atoms with Gasteiger partial charge in [-0.1, -0.05) is 13.2 Å². The molecular formula is C16H20O4. The van der Waals surface area contributed by atoms with Crippen LogP contribution in [-0.4, -0.2) is 24.1 Å². The van der Waals surface area contributed by atoms with E-state index in [9.17, 15) is 9.59 Å². The van der Waals surface area contributed by atoms with Crippen molar-refractivity contribution in [3.05, 3.63) is 25.3 Å². The minimum atomic E-state index is -0.336. The van der Waals surface area contributed by atoms with Crippen molar-refractivity contribution in [1.29, 1.82) is 0 Å². The molecule has 3 aliphatic rings. The molecule has 0 aromatic heterocycles. The van der Waals surface area contributed by atoms with E-state index in [0.29, 0.717) is 23.7 Å². The van der Waals surface area contributed by atoms with E-state index in [-0.39, 0.29) is 24.1 Å². The van der Waals surface area contributed by atoms with Crippen molar-refractivity contribution in [2.24, 2.45) is 23.7 Å². The first-order chi connectivity index (χ1) is 9.62. The van der Waals surface area contributed by atoms with Crippen LogP contribution in [0.4, 0.5) is 0 Å². The second kappa shape index (κ2) is 5.08. The third kappa shape index (κ3) is 2.17. The van der Waals surface area contributed by atoms with Crippen LogP contribution in [0.5, 0.6) is 0 Å². The molecule has 3 saturated carbocycles. The van der Waals surface area contributed by atoms with Gasteiger partial charge in [-0.25, -0.2) is 9.59 Å². The lowest BCUT2D eigenvalue weighted by molar-refractivity contribution is -0.146. The maximum absolute atomic E-state index is 11.4. The van der Waals surface area contributed by atoms with Gasteiger partial charge in [0, 0.05) is 12.2 Å². The number of ether oxygens (including phenoxy) is 2. The average molecular weight is 276 g/mol. The maximum atomic E-state index is 11.4. The Kier molecular flexibility index (Phi) is 3.40. The van der Waals surface area contributed by atoms with E-state index in [2.05, 4.69) is 13.2 Å². The van der Waals surface area contributed by atoms with Gasteiger partial charge in [-0.2, -0.15) is 0 Å². The van der Waals surface area contributed by atoms with Gasteiger partial charge in [0.25, 0.3) is 0 Å². The van der Waals surface area contributed by atoms with Crippen molar-refractivity contribution in [2.75, 3.05) is 0 Å². The number of fused-ring (bicyclic) bond motifs is 5. The van der Waals surface area contributed by atoms with Gasteiger partial charge < -0.3 is 9.47 Å². The Morgan fingerprint density at radius 2 is 1.50 bits per heavy atom. The predicted octanol–water partition coefficient (Wildman–Crippen LogP) is 2.25. The molecule has 3 rings (SSSR count). The molecule has 2 bridgehead atoms. The van der Waals surface area contributed by atoms with Gasteiger partial charge in [-0.05, 0) is 49.4 Å². The van der Waals surface area contributed by atoms with Crippen molar-refractivity contribution >= 4 is 11.9 Å². The summed E-state index contributed by atoms with van der Waals surface area (Å²) < 4.78 is 10.8. The van der Waals surface area contributed by atoms with Gasteiger partial charge in [-0.3, -0.25) is 0 Å². The summed E-state index contributed by atoms with van der Waals surface area (Å²) in [6, 6.07) is 0. The van der Waals surface area contributed by atoms with Crippen LogP contribution in [-0.2, 0) is 19.1 Å². The summed E-state index contributed by atoms with van der Waals surface area (Å²) in [5, 5.41) is 0. The quantitative estimate of drug-likeness (QED) is 0.584. The van der Waals surface area contributed by atoms with Crippen LogP contribution in [0.1, 0.15) is 25.7 Å². The zero-order valence-electron chi connectivity index (χ0n) is 11.5. The molecule has 0 aliphatic heterocycles. The van der Waals surface area contributed by atoms with Crippen molar-refractivity contribution in [3.63, 3.8) is 0 Å². The van der Waals surface area contributed by atoms with Crippen LogP contribution in [0.15, 0.2) is 25.3 Å². The van der Waals surface area contributed by atoms with E-state index in [1.807, 2.05) is 0 Å². The topological polar surface area (TPSA) is 52.6 Å². The fourth-order valence-electron chi connectivity index (χ4n) is 4.60. The second-order valence-electron chi connectivity index (χ2n) is 6.14. The molecule has 0 aromatic carbocycles. The molecule has 0 saturated heterocycles. The highest BCUT2D eigenvalue weighted by Crippen LogP contribution is 2.59. The Balaban J connectivity index is 1.62. The van der Waals surface area contributed by atoms with E-state index in [1.54, 1.807) is 0 Å². The van der Waals surface area contributed by atoms with Gasteiger partial charge in [0.05, 0.1) is 0 Å². The average Bonchev–Trinajstić information content (AvgIpc) is 3.09. The fourth-order valence-corrected chi connectivity index (χ4v) is 4.60. The summed E-state index contributed by atoms with van der Waals surface area (Å²) in [6.45, 7) is 6.87. The molecule has 20 heavy (non-hydrogen) atoms. The molecule has 3 fully saturated rings. The third-order valence-electron chi connectivity index (χ3n) is 5.25. The lowest BCUT2D eigenvalue weighted by atomic mass is 9.80. The molecule has 3 aliphatic carbocycles. The number of hydrogen-bond acceptors (Lipinski definition) is 4. The highest BCUT2D eigenvalue weighted by atomic mass is 16.5. The Labute approximate surface area is 118 Å². The summed E-state index contributed by atoms with van der Waals surface area (Å²) in [7, 11) is 0. The first-order valence-corrected chi connectivity index (χ1v) is 7.28. The summed E-state index contributed by atoms with van der Waals surface area (Å²) in [4.78, 5) is 22.7. The lowest BCUT2D eigenvalue weighted by Gasteiger charge is -2.30. The van der Waals surface area contributed by atoms with Crippen LogP contribution >= 0.6 is 0 Å². The number of carbonyl (C=O) groups is 2. The van der Waals surface area contributed by atoms with Crippen LogP contribution in [0.2, 0.25) is 0 Å². The molecular weight excluding hydrogens is 256 g/mol. The fraction of sp³-hybridized carbons (Fsp3) is 0.625. The van der Waals surface area contributed by atoms with Gasteiger partial charge in [-0.15, -0.1) is 0 Å². The summed E-state index contributed by atoms with van der Waals surface area (Å²) in [5.74, 6) is 1.53. The smallest absolute Gasteiger partial charge is 0.330 e. The summed E-state index contributed by atoms with van der Waals surface area (Å²) in [6.07, 6.45) is 6.43. The normalized spacial score (nSPS) is 41.0. The molecule has 0 amide bonds. The molecule has 108 valence electrons. The molecule has 6 unspecified atom stereocenters. The van der Waals surface area contributed by atoms with Crippen molar-refractivity contribution < 1.29 is 19.1 Å². The Morgan fingerprint density at radius 1 is 0.850 bits per heavy atom. The number of rotatable bonds is 4. The zero-order valence-corrected chi connectivity index (χ0v) is 11.5. The third-order valence-corrected chi connectivity index (χ3v) is 5.25.